The van der Waals surface area contributed by atoms with Crippen molar-refractivity contribution in [2.45, 2.75) is 4.90 Å². The van der Waals surface area contributed by atoms with Crippen LogP contribution >= 0.6 is 23.4 Å². The van der Waals surface area contributed by atoms with Crippen molar-refractivity contribution >= 4 is 35.0 Å². The molecule has 1 aromatic heterocycles. The Balaban J connectivity index is 1.82. The number of nitrogens with one attached hydrogen (secondary N) is 2. The predicted molar refractivity (Wildman–Crippen MR) is 95.2 cm³/mol. The Morgan fingerprint density at radius 2 is 1.83 bits per heavy atom. The molecule has 0 aliphatic heterocycles. The second-order valence-corrected chi connectivity index (χ2v) is 6.16. The van der Waals surface area contributed by atoms with Crippen LogP contribution in [0, 0.1) is 0 Å². The van der Waals surface area contributed by atoms with Crippen molar-refractivity contribution in [3.05, 3.63) is 65.3 Å². The first-order chi connectivity index (χ1) is 11.2. The Hall–Kier alpha value is -2.24. The van der Waals surface area contributed by atoms with Gasteiger partial charge in [-0.2, -0.15) is 5.10 Å². The topological polar surface area (TPSA) is 57.8 Å². The number of carbonyl (C=O) groups is 1. The van der Waals surface area contributed by atoms with E-state index in [-0.39, 0.29) is 5.91 Å². The van der Waals surface area contributed by atoms with E-state index in [1.165, 1.54) is 6.20 Å². The van der Waals surface area contributed by atoms with E-state index in [2.05, 4.69) is 15.5 Å². The highest BCUT2D eigenvalue weighted by Crippen LogP contribution is 2.24. The molecular formula is C17H14ClN3OS. The molecule has 116 valence electrons. The maximum Gasteiger partial charge on any atom is 0.259 e. The van der Waals surface area contributed by atoms with E-state index >= 15 is 0 Å². The fourth-order valence-corrected chi connectivity index (χ4v) is 2.70. The summed E-state index contributed by atoms with van der Waals surface area (Å²) in [5.41, 5.74) is 2.76. The number of hydrogen-bond donors (Lipinski definition) is 2. The summed E-state index contributed by atoms with van der Waals surface area (Å²) in [5, 5.41) is 10.4. The Bertz CT molecular complexity index is 813. The minimum absolute atomic E-state index is 0.208. The van der Waals surface area contributed by atoms with E-state index in [4.69, 9.17) is 11.6 Å². The molecule has 0 aliphatic carbocycles. The number of anilines is 1. The molecule has 0 saturated heterocycles. The van der Waals surface area contributed by atoms with Gasteiger partial charge in [-0.25, -0.2) is 0 Å². The highest BCUT2D eigenvalue weighted by molar-refractivity contribution is 7.98. The lowest BCUT2D eigenvalue weighted by Crippen LogP contribution is -2.12. The lowest BCUT2D eigenvalue weighted by Gasteiger charge is -2.07. The number of carbonyl (C=O) groups excluding carboxylic acids is 1. The molecule has 0 unspecified atom stereocenters. The van der Waals surface area contributed by atoms with E-state index in [1.807, 2.05) is 42.7 Å². The van der Waals surface area contributed by atoms with E-state index in [9.17, 15) is 4.79 Å². The quantitative estimate of drug-likeness (QED) is 0.675. The Morgan fingerprint density at radius 1 is 1.13 bits per heavy atom. The van der Waals surface area contributed by atoms with Crippen LogP contribution in [0.4, 0.5) is 5.69 Å². The average Bonchev–Trinajstić information content (AvgIpc) is 3.06. The summed E-state index contributed by atoms with van der Waals surface area (Å²) in [4.78, 5) is 13.6. The second-order valence-electron chi connectivity index (χ2n) is 4.85. The van der Waals surface area contributed by atoms with Crippen LogP contribution in [0.25, 0.3) is 11.3 Å². The number of halogens is 1. The molecule has 0 spiro atoms. The lowest BCUT2D eigenvalue weighted by molar-refractivity contribution is 0.102. The van der Waals surface area contributed by atoms with Crippen LogP contribution in [-0.2, 0) is 0 Å². The third kappa shape index (κ3) is 3.57. The van der Waals surface area contributed by atoms with Crippen LogP contribution in [0.5, 0.6) is 0 Å². The van der Waals surface area contributed by atoms with Crippen molar-refractivity contribution in [3.63, 3.8) is 0 Å². The number of nitrogens with zero attached hydrogens (tertiary/aromatic N) is 1. The third-order valence-electron chi connectivity index (χ3n) is 3.36. The van der Waals surface area contributed by atoms with E-state index in [1.54, 1.807) is 23.9 Å². The first-order valence-corrected chi connectivity index (χ1v) is 8.52. The van der Waals surface area contributed by atoms with E-state index < -0.39 is 0 Å². The second kappa shape index (κ2) is 6.89. The highest BCUT2D eigenvalue weighted by atomic mass is 35.5. The number of benzene rings is 2. The van der Waals surface area contributed by atoms with Gasteiger partial charge in [0.1, 0.15) is 0 Å². The molecule has 2 N–H and O–H groups in total. The SMILES string of the molecule is CSc1ccc(NC(=O)c2cn[nH]c2-c2ccc(Cl)cc2)cc1. The number of aromatic amines is 1. The third-order valence-corrected chi connectivity index (χ3v) is 4.36. The van der Waals surface area contributed by atoms with Gasteiger partial charge in [0.15, 0.2) is 0 Å². The zero-order chi connectivity index (χ0) is 16.2. The number of aromatic nitrogens is 2. The maximum absolute atomic E-state index is 12.5. The molecule has 3 rings (SSSR count). The molecule has 4 nitrogen and oxygen atoms in total. The van der Waals surface area contributed by atoms with Crippen LogP contribution in [0.2, 0.25) is 5.02 Å². The molecule has 1 amide bonds. The van der Waals surface area contributed by atoms with Gasteiger partial charge in [-0.05, 0) is 42.7 Å². The standard InChI is InChI=1S/C17H14ClN3OS/c1-23-14-8-6-13(7-9-14)20-17(22)15-10-19-21-16(15)11-2-4-12(18)5-3-11/h2-10H,1H3,(H,19,21)(H,20,22). The molecule has 2 aromatic carbocycles. The monoisotopic (exact) mass is 343 g/mol. The van der Waals surface area contributed by atoms with E-state index in [0.29, 0.717) is 16.3 Å². The lowest BCUT2D eigenvalue weighted by atomic mass is 10.1. The zero-order valence-electron chi connectivity index (χ0n) is 12.3. The molecule has 0 atom stereocenters. The van der Waals surface area contributed by atoms with Gasteiger partial charge in [0.25, 0.3) is 5.91 Å². The largest absolute Gasteiger partial charge is 0.322 e. The van der Waals surface area contributed by atoms with Crippen molar-refractivity contribution in [1.29, 1.82) is 0 Å². The number of rotatable bonds is 4. The van der Waals surface area contributed by atoms with Crippen molar-refractivity contribution in [2.75, 3.05) is 11.6 Å². The Labute approximate surface area is 143 Å². The Kier molecular flexibility index (Phi) is 4.69. The predicted octanol–water partition coefficient (Wildman–Crippen LogP) is 4.70. The summed E-state index contributed by atoms with van der Waals surface area (Å²) in [7, 11) is 0. The molecule has 0 radical (unpaired) electrons. The van der Waals surface area contributed by atoms with Crippen LogP contribution in [0.1, 0.15) is 10.4 Å². The minimum Gasteiger partial charge on any atom is -0.322 e. The smallest absolute Gasteiger partial charge is 0.259 e. The van der Waals surface area contributed by atoms with Gasteiger partial charge in [0.2, 0.25) is 0 Å². The van der Waals surface area contributed by atoms with Crippen molar-refractivity contribution in [2.24, 2.45) is 0 Å². The number of thioether (sulfide) groups is 1. The van der Waals surface area contributed by atoms with Gasteiger partial charge >= 0.3 is 0 Å². The Morgan fingerprint density at radius 3 is 2.48 bits per heavy atom. The minimum atomic E-state index is -0.208. The molecule has 0 saturated carbocycles. The molecule has 0 bridgehead atoms. The first kappa shape index (κ1) is 15.6. The molecule has 1 heterocycles. The molecular weight excluding hydrogens is 330 g/mol. The van der Waals surface area contributed by atoms with Gasteiger partial charge in [-0.1, -0.05) is 23.7 Å². The van der Waals surface area contributed by atoms with Gasteiger partial charge in [0, 0.05) is 21.2 Å². The summed E-state index contributed by atoms with van der Waals surface area (Å²) in [6, 6.07) is 14.9. The van der Waals surface area contributed by atoms with Gasteiger partial charge < -0.3 is 5.32 Å². The van der Waals surface area contributed by atoms with Gasteiger partial charge in [-0.15, -0.1) is 11.8 Å². The highest BCUT2D eigenvalue weighted by Gasteiger charge is 2.15. The molecule has 6 heteroatoms. The van der Waals surface area contributed by atoms with Crippen LogP contribution in [0.3, 0.4) is 0 Å². The summed E-state index contributed by atoms with van der Waals surface area (Å²) in [6.07, 6.45) is 3.53. The summed E-state index contributed by atoms with van der Waals surface area (Å²) in [5.74, 6) is -0.208. The molecule has 0 aliphatic rings. The number of H-pyrrole nitrogens is 1. The number of hydrogen-bond acceptors (Lipinski definition) is 3. The average molecular weight is 344 g/mol. The first-order valence-electron chi connectivity index (χ1n) is 6.92. The van der Waals surface area contributed by atoms with Crippen LogP contribution in [-0.4, -0.2) is 22.4 Å². The van der Waals surface area contributed by atoms with Crippen molar-refractivity contribution in [3.8, 4) is 11.3 Å². The van der Waals surface area contributed by atoms with Gasteiger partial charge in [-0.3, -0.25) is 9.89 Å². The summed E-state index contributed by atoms with van der Waals surface area (Å²) < 4.78 is 0. The number of amides is 1. The maximum atomic E-state index is 12.5. The zero-order valence-corrected chi connectivity index (χ0v) is 13.9. The fraction of sp³-hybridized carbons (Fsp3) is 0.0588. The van der Waals surface area contributed by atoms with Crippen LogP contribution < -0.4 is 5.32 Å². The summed E-state index contributed by atoms with van der Waals surface area (Å²) in [6.45, 7) is 0. The van der Waals surface area contributed by atoms with Crippen LogP contribution in [0.15, 0.2) is 59.6 Å². The summed E-state index contributed by atoms with van der Waals surface area (Å²) >= 11 is 7.56. The molecule has 3 aromatic rings. The molecule has 23 heavy (non-hydrogen) atoms. The fourth-order valence-electron chi connectivity index (χ4n) is 2.17. The molecule has 0 fully saturated rings. The van der Waals surface area contributed by atoms with Gasteiger partial charge in [0.05, 0.1) is 17.5 Å². The van der Waals surface area contributed by atoms with Crippen molar-refractivity contribution in [1.82, 2.24) is 10.2 Å². The van der Waals surface area contributed by atoms with E-state index in [0.717, 1.165) is 16.1 Å². The normalized spacial score (nSPS) is 10.5. The van der Waals surface area contributed by atoms with Crippen molar-refractivity contribution < 1.29 is 4.79 Å².